The molecule has 2 fully saturated rings. The van der Waals surface area contributed by atoms with Gasteiger partial charge in [-0.3, -0.25) is 9.69 Å². The highest BCUT2D eigenvalue weighted by molar-refractivity contribution is 5.91. The van der Waals surface area contributed by atoms with Crippen molar-refractivity contribution in [1.82, 2.24) is 15.2 Å². The molecule has 1 N–H and O–H groups in total. The number of carbonyl (C=O) groups excluding carboxylic acids is 1. The van der Waals surface area contributed by atoms with E-state index in [0.29, 0.717) is 44.5 Å². The number of carbonyl (C=O) groups is 1. The van der Waals surface area contributed by atoms with E-state index in [0.717, 1.165) is 26.2 Å². The van der Waals surface area contributed by atoms with Gasteiger partial charge in [0.15, 0.2) is 5.69 Å². The maximum absolute atomic E-state index is 13.9. The second-order valence-electron chi connectivity index (χ2n) is 7.12. The van der Waals surface area contributed by atoms with Crippen LogP contribution >= 0.6 is 0 Å². The van der Waals surface area contributed by atoms with Crippen molar-refractivity contribution in [3.05, 3.63) is 47.9 Å². The van der Waals surface area contributed by atoms with Gasteiger partial charge in [-0.15, -0.1) is 0 Å². The number of anilines is 1. The van der Waals surface area contributed by atoms with Crippen LogP contribution in [0, 0.1) is 5.82 Å². The van der Waals surface area contributed by atoms with Gasteiger partial charge in [-0.05, 0) is 12.1 Å². The van der Waals surface area contributed by atoms with Crippen LogP contribution in [0.4, 0.5) is 10.1 Å². The Balaban J connectivity index is 1.24. The standard InChI is InChI=1S/C20H25FN4O4/c21-16-3-1-2-4-18(16)25-7-5-24(6-8-25)12-19-23-17(14-29-19)20(26)22-11-15-13-27-9-10-28-15/h1-4,14-15H,5-13H2,(H,22,26)/t15-/m0/s1. The number of benzene rings is 1. The van der Waals surface area contributed by atoms with E-state index in [1.807, 2.05) is 11.0 Å². The molecule has 156 valence electrons. The molecule has 0 bridgehead atoms. The van der Waals surface area contributed by atoms with Crippen molar-refractivity contribution >= 4 is 11.6 Å². The molecule has 0 spiro atoms. The van der Waals surface area contributed by atoms with Crippen LogP contribution in [0.1, 0.15) is 16.4 Å². The average Bonchev–Trinajstić information content (AvgIpc) is 3.22. The second kappa shape index (κ2) is 9.34. The maximum Gasteiger partial charge on any atom is 0.273 e. The Morgan fingerprint density at radius 3 is 2.79 bits per heavy atom. The van der Waals surface area contributed by atoms with Crippen molar-refractivity contribution in [3.8, 4) is 0 Å². The number of piperazine rings is 1. The third kappa shape index (κ3) is 5.11. The minimum absolute atomic E-state index is 0.134. The van der Waals surface area contributed by atoms with Crippen LogP contribution in [0.3, 0.4) is 0 Å². The lowest BCUT2D eigenvalue weighted by Crippen LogP contribution is -2.46. The van der Waals surface area contributed by atoms with Crippen molar-refractivity contribution in [1.29, 1.82) is 0 Å². The molecule has 0 radical (unpaired) electrons. The minimum Gasteiger partial charge on any atom is -0.447 e. The lowest BCUT2D eigenvalue weighted by Gasteiger charge is -2.35. The smallest absolute Gasteiger partial charge is 0.273 e. The van der Waals surface area contributed by atoms with E-state index in [1.165, 1.54) is 12.3 Å². The molecule has 9 heteroatoms. The number of oxazole rings is 1. The van der Waals surface area contributed by atoms with E-state index >= 15 is 0 Å². The first-order chi connectivity index (χ1) is 14.2. The van der Waals surface area contributed by atoms with E-state index in [9.17, 15) is 9.18 Å². The molecule has 2 aromatic rings. The van der Waals surface area contributed by atoms with Crippen LogP contribution in [-0.4, -0.2) is 74.4 Å². The molecule has 0 saturated carbocycles. The number of para-hydroxylation sites is 1. The van der Waals surface area contributed by atoms with Crippen molar-refractivity contribution in [2.24, 2.45) is 0 Å². The Morgan fingerprint density at radius 1 is 1.21 bits per heavy atom. The van der Waals surface area contributed by atoms with Crippen LogP contribution in [-0.2, 0) is 16.0 Å². The third-order valence-electron chi connectivity index (χ3n) is 5.08. The molecule has 2 aliphatic rings. The second-order valence-corrected chi connectivity index (χ2v) is 7.12. The van der Waals surface area contributed by atoms with Gasteiger partial charge < -0.3 is 24.1 Å². The quantitative estimate of drug-likeness (QED) is 0.777. The summed E-state index contributed by atoms with van der Waals surface area (Å²) >= 11 is 0. The van der Waals surface area contributed by atoms with E-state index in [1.54, 1.807) is 12.1 Å². The predicted octanol–water partition coefficient (Wildman–Crippen LogP) is 1.28. The zero-order valence-corrected chi connectivity index (χ0v) is 16.2. The van der Waals surface area contributed by atoms with Gasteiger partial charge in [0.05, 0.1) is 38.2 Å². The summed E-state index contributed by atoms with van der Waals surface area (Å²) in [4.78, 5) is 20.7. The van der Waals surface area contributed by atoms with E-state index in [2.05, 4.69) is 15.2 Å². The zero-order valence-electron chi connectivity index (χ0n) is 16.2. The normalized spacial score (nSPS) is 20.6. The van der Waals surface area contributed by atoms with Crippen LogP contribution < -0.4 is 10.2 Å². The minimum atomic E-state index is -0.293. The summed E-state index contributed by atoms with van der Waals surface area (Å²) in [6, 6.07) is 6.82. The number of hydrogen-bond donors (Lipinski definition) is 1. The Morgan fingerprint density at radius 2 is 2.03 bits per heavy atom. The number of nitrogens with one attached hydrogen (secondary N) is 1. The van der Waals surface area contributed by atoms with Crippen LogP contribution in [0.15, 0.2) is 34.9 Å². The summed E-state index contributed by atoms with van der Waals surface area (Å²) in [5.41, 5.74) is 0.885. The lowest BCUT2D eigenvalue weighted by atomic mass is 10.2. The first-order valence-electron chi connectivity index (χ1n) is 9.83. The zero-order chi connectivity index (χ0) is 20.1. The molecule has 0 unspecified atom stereocenters. The highest BCUT2D eigenvalue weighted by atomic mass is 19.1. The third-order valence-corrected chi connectivity index (χ3v) is 5.08. The summed E-state index contributed by atoms with van der Waals surface area (Å²) in [7, 11) is 0. The molecule has 2 aliphatic heterocycles. The van der Waals surface area contributed by atoms with Gasteiger partial charge in [0, 0.05) is 32.7 Å². The molecule has 1 aromatic heterocycles. The summed E-state index contributed by atoms with van der Waals surface area (Å²) in [5.74, 6) is -0.000202. The number of hydrogen-bond acceptors (Lipinski definition) is 7. The summed E-state index contributed by atoms with van der Waals surface area (Å²) in [5, 5.41) is 2.79. The molecule has 1 amide bonds. The number of amides is 1. The van der Waals surface area contributed by atoms with Gasteiger partial charge in [-0.1, -0.05) is 12.1 Å². The van der Waals surface area contributed by atoms with E-state index < -0.39 is 0 Å². The highest BCUT2D eigenvalue weighted by Gasteiger charge is 2.22. The van der Waals surface area contributed by atoms with E-state index in [4.69, 9.17) is 13.9 Å². The monoisotopic (exact) mass is 404 g/mol. The van der Waals surface area contributed by atoms with Crippen LogP contribution in [0.25, 0.3) is 0 Å². The van der Waals surface area contributed by atoms with Gasteiger partial charge in [0.2, 0.25) is 5.89 Å². The number of nitrogens with zero attached hydrogens (tertiary/aromatic N) is 3. The van der Waals surface area contributed by atoms with Crippen LogP contribution in [0.2, 0.25) is 0 Å². The Bertz CT molecular complexity index is 816. The molecule has 3 heterocycles. The van der Waals surface area contributed by atoms with Gasteiger partial charge in [0.1, 0.15) is 12.1 Å². The molecule has 8 nitrogen and oxygen atoms in total. The average molecular weight is 404 g/mol. The van der Waals surface area contributed by atoms with Crippen molar-refractivity contribution in [2.45, 2.75) is 12.6 Å². The molecule has 1 atom stereocenters. The first-order valence-corrected chi connectivity index (χ1v) is 9.83. The fraction of sp³-hybridized carbons (Fsp3) is 0.500. The molecule has 29 heavy (non-hydrogen) atoms. The van der Waals surface area contributed by atoms with Crippen LogP contribution in [0.5, 0.6) is 0 Å². The van der Waals surface area contributed by atoms with Gasteiger partial charge in [-0.2, -0.15) is 0 Å². The fourth-order valence-corrected chi connectivity index (χ4v) is 3.49. The molecular formula is C20H25FN4O4. The van der Waals surface area contributed by atoms with Crippen molar-refractivity contribution < 1.29 is 23.1 Å². The van der Waals surface area contributed by atoms with Crippen molar-refractivity contribution in [2.75, 3.05) is 57.4 Å². The number of halogens is 1. The number of ether oxygens (including phenoxy) is 2. The largest absolute Gasteiger partial charge is 0.447 e. The molecule has 4 rings (SSSR count). The topological polar surface area (TPSA) is 80.1 Å². The number of rotatable bonds is 6. The molecule has 0 aliphatic carbocycles. The fourth-order valence-electron chi connectivity index (χ4n) is 3.49. The van der Waals surface area contributed by atoms with Gasteiger partial charge in [-0.25, -0.2) is 9.37 Å². The first kappa shape index (κ1) is 19.8. The molecular weight excluding hydrogens is 379 g/mol. The van der Waals surface area contributed by atoms with E-state index in [-0.39, 0.29) is 23.5 Å². The summed E-state index contributed by atoms with van der Waals surface area (Å²) in [6.45, 7) is 5.45. The van der Waals surface area contributed by atoms with Gasteiger partial charge >= 0.3 is 0 Å². The molecule has 2 saturated heterocycles. The lowest BCUT2D eigenvalue weighted by molar-refractivity contribution is -0.0855. The van der Waals surface area contributed by atoms with Gasteiger partial charge in [0.25, 0.3) is 5.91 Å². The Kier molecular flexibility index (Phi) is 6.38. The molecule has 1 aromatic carbocycles. The summed E-state index contributed by atoms with van der Waals surface area (Å²) < 4.78 is 30.2. The highest BCUT2D eigenvalue weighted by Crippen LogP contribution is 2.20. The Labute approximate surface area is 168 Å². The maximum atomic E-state index is 13.9. The van der Waals surface area contributed by atoms with Crippen molar-refractivity contribution in [3.63, 3.8) is 0 Å². The Hall–Kier alpha value is -2.49. The summed E-state index contributed by atoms with van der Waals surface area (Å²) in [6.07, 6.45) is 1.24. The number of aromatic nitrogens is 1. The SMILES string of the molecule is O=C(NC[C@H]1COCCO1)c1coc(CN2CCN(c3ccccc3F)CC2)n1. The predicted molar refractivity (Wildman–Crippen MR) is 103 cm³/mol.